The van der Waals surface area contributed by atoms with Gasteiger partial charge in [0.05, 0.1) is 44.3 Å². The molecule has 0 saturated carbocycles. The number of pyridine rings is 2. The molecule has 4 heteroatoms. The topological polar surface area (TPSA) is 43.6 Å². The highest BCUT2D eigenvalue weighted by Crippen LogP contribution is 2.67. The lowest BCUT2D eigenvalue weighted by Crippen LogP contribution is -2.25. The molecule has 18 aromatic carbocycles. The number of hydrogen-bond donors (Lipinski definition) is 0. The molecule has 0 saturated heterocycles. The van der Waals surface area contributed by atoms with Gasteiger partial charge in [0.2, 0.25) is 0 Å². The number of fused-ring (bicyclic) bond motifs is 30. The van der Waals surface area contributed by atoms with Crippen LogP contribution in [0, 0.1) is 0 Å². The number of para-hydroxylation sites is 4. The smallest absolute Gasteiger partial charge is 0.145 e. The van der Waals surface area contributed by atoms with Crippen LogP contribution in [0.3, 0.4) is 0 Å². The Bertz CT molecular complexity index is 7560. The van der Waals surface area contributed by atoms with E-state index in [1.165, 1.54) is 154 Å². The van der Waals surface area contributed by atoms with Crippen LogP contribution in [-0.4, -0.2) is 19.5 Å². The number of rotatable bonds is 7. The number of hydrogen-bond acceptors (Lipinski definition) is 3. The van der Waals surface area contributed by atoms with Crippen LogP contribution in [0.2, 0.25) is 0 Å². The monoisotopic (exact) mass is 1460 g/mol. The summed E-state index contributed by atoms with van der Waals surface area (Å²) in [6.07, 6.45) is 0. The van der Waals surface area contributed by atoms with Gasteiger partial charge < -0.3 is 0 Å². The summed E-state index contributed by atoms with van der Waals surface area (Å²) in [6, 6.07) is 151. The molecule has 0 atom stereocenters. The maximum Gasteiger partial charge on any atom is 0.145 e. The van der Waals surface area contributed by atoms with E-state index in [2.05, 4.69) is 411 Å². The molecule has 0 bridgehead atoms. The molecule has 0 amide bonds. The Morgan fingerprint density at radius 3 is 1.06 bits per heavy atom. The van der Waals surface area contributed by atoms with Crippen LogP contribution >= 0.6 is 0 Å². The summed E-state index contributed by atoms with van der Waals surface area (Å²) in [5.41, 5.74) is 37.8. The highest BCUT2D eigenvalue weighted by Gasteiger charge is 2.54. The standard InChI is InChI=1S/C57H35N3.C54H33N/c1-2-15-37(16-3-1)56-59-51-27-12-13-28-52(51)60(56)40-31-29-36(30-32-40)38-17-14-18-39(35-38)55-54-44(43-21-7-11-26-50(43)58-55)33-34-49-53(54)45-22-6-10-25-48(45)57(49)46-23-8-4-19-41(46)42-20-5-9-24-47(42)57;1-2-17-39-35(13-1)14-12-22-40(39)36-29-27-34(28-30-36)37-15-11-16-38(33-37)53-52-44(43-20-6-10-26-50(43)55-53)31-32-49-51(52)45-21-5-9-25-48(45)54(49)46-23-7-3-18-41(46)42-19-4-8-24-47(42)54/h1-35H;1-33H. The minimum atomic E-state index is -0.430. The summed E-state index contributed by atoms with van der Waals surface area (Å²) >= 11 is 0. The van der Waals surface area contributed by atoms with Crippen molar-refractivity contribution in [1.29, 1.82) is 0 Å². The molecule has 0 aliphatic heterocycles. The van der Waals surface area contributed by atoms with Crippen LogP contribution in [0.4, 0.5) is 0 Å². The van der Waals surface area contributed by atoms with E-state index in [1.807, 2.05) is 6.07 Å². The fraction of sp³-hybridized carbons (Fsp3) is 0.0180. The summed E-state index contributed by atoms with van der Waals surface area (Å²) in [5, 5.41) is 9.74. The van der Waals surface area contributed by atoms with Gasteiger partial charge in [-0.3, -0.25) is 4.57 Å². The summed E-state index contributed by atoms with van der Waals surface area (Å²) in [5.74, 6) is 0.932. The second kappa shape index (κ2) is 25.3. The second-order valence-electron chi connectivity index (χ2n) is 31.0. The van der Waals surface area contributed by atoms with Crippen molar-refractivity contribution in [2.45, 2.75) is 10.8 Å². The van der Waals surface area contributed by atoms with Crippen molar-refractivity contribution >= 4 is 65.2 Å². The lowest BCUT2D eigenvalue weighted by Gasteiger charge is -2.30. The van der Waals surface area contributed by atoms with Gasteiger partial charge in [-0.2, -0.15) is 0 Å². The fourth-order valence-corrected chi connectivity index (χ4v) is 20.6. The van der Waals surface area contributed by atoms with Crippen LogP contribution in [0.1, 0.15) is 44.5 Å². The van der Waals surface area contributed by atoms with Crippen molar-refractivity contribution in [2.24, 2.45) is 0 Å². The molecular weight excluding hydrogens is 1390 g/mol. The van der Waals surface area contributed by atoms with Gasteiger partial charge in [0, 0.05) is 43.9 Å². The third-order valence-electron chi connectivity index (χ3n) is 25.3. The maximum atomic E-state index is 5.57. The molecule has 4 aliphatic rings. The van der Waals surface area contributed by atoms with Gasteiger partial charge in [-0.1, -0.05) is 364 Å². The van der Waals surface area contributed by atoms with Gasteiger partial charge in [0.15, 0.2) is 0 Å². The van der Waals surface area contributed by atoms with Crippen molar-refractivity contribution in [1.82, 2.24) is 19.5 Å². The molecule has 532 valence electrons. The van der Waals surface area contributed by atoms with E-state index in [0.29, 0.717) is 0 Å². The first-order chi connectivity index (χ1) is 57.1. The van der Waals surface area contributed by atoms with Crippen molar-refractivity contribution in [2.75, 3.05) is 0 Å². The Balaban J connectivity index is 0.000000133. The lowest BCUT2D eigenvalue weighted by atomic mass is 9.70. The van der Waals surface area contributed by atoms with Gasteiger partial charge in [-0.15, -0.1) is 0 Å². The van der Waals surface area contributed by atoms with Crippen molar-refractivity contribution in [3.8, 4) is 117 Å². The number of nitrogens with zero attached hydrogens (tertiary/aromatic N) is 4. The minimum Gasteiger partial charge on any atom is -0.292 e. The summed E-state index contributed by atoms with van der Waals surface area (Å²) in [4.78, 5) is 16.2. The largest absolute Gasteiger partial charge is 0.292 e. The zero-order chi connectivity index (χ0) is 75.5. The summed E-state index contributed by atoms with van der Waals surface area (Å²) < 4.78 is 2.27. The van der Waals surface area contributed by atoms with Crippen molar-refractivity contribution in [3.05, 3.63) is 457 Å². The van der Waals surface area contributed by atoms with E-state index in [0.717, 1.165) is 72.8 Å². The molecule has 0 unspecified atom stereocenters. The average molecular weight is 1460 g/mol. The van der Waals surface area contributed by atoms with Gasteiger partial charge in [0.25, 0.3) is 0 Å². The fourth-order valence-electron chi connectivity index (χ4n) is 20.6. The number of imidazole rings is 1. The SMILES string of the molecule is c1cc(-c2ccc(-c3cccc4ccccc34)cc2)cc(-c2nc3ccccc3c3ccc4c(c23)-c2ccccc2C42c3ccccc3-c3ccccc32)c1.c1ccc(-c2nc3ccccc3n2-c2ccc(-c3cccc(-c4nc5ccccc5c5ccc6c(c45)-c4ccccc4C64c5ccccc5-c5ccccc54)c3)cc2)cc1. The van der Waals surface area contributed by atoms with Crippen LogP contribution < -0.4 is 0 Å². The molecule has 0 N–H and O–H groups in total. The number of aromatic nitrogens is 4. The molecule has 25 rings (SSSR count). The quantitative estimate of drug-likeness (QED) is 0.149. The Hall–Kier alpha value is -15.0. The zero-order valence-electron chi connectivity index (χ0n) is 62.5. The summed E-state index contributed by atoms with van der Waals surface area (Å²) in [6.45, 7) is 0. The van der Waals surface area contributed by atoms with Crippen LogP contribution in [0.25, 0.3) is 183 Å². The first-order valence-corrected chi connectivity index (χ1v) is 39.8. The highest BCUT2D eigenvalue weighted by molar-refractivity contribution is 6.21. The van der Waals surface area contributed by atoms with E-state index in [1.54, 1.807) is 0 Å². The highest BCUT2D eigenvalue weighted by atomic mass is 15.1. The Morgan fingerprint density at radius 1 is 0.200 bits per heavy atom. The van der Waals surface area contributed by atoms with Crippen LogP contribution in [0.5, 0.6) is 0 Å². The van der Waals surface area contributed by atoms with Crippen molar-refractivity contribution < 1.29 is 0 Å². The number of benzene rings is 18. The molecule has 3 aromatic heterocycles. The van der Waals surface area contributed by atoms with E-state index in [-0.39, 0.29) is 0 Å². The predicted octanol–water partition coefficient (Wildman–Crippen LogP) is 28.0. The van der Waals surface area contributed by atoms with Gasteiger partial charge in [-0.25, -0.2) is 15.0 Å². The van der Waals surface area contributed by atoms with E-state index in [9.17, 15) is 0 Å². The van der Waals surface area contributed by atoms with E-state index < -0.39 is 10.8 Å². The van der Waals surface area contributed by atoms with Crippen molar-refractivity contribution in [3.63, 3.8) is 0 Å². The third kappa shape index (κ3) is 9.39. The molecule has 0 radical (unpaired) electrons. The van der Waals surface area contributed by atoms with Crippen LogP contribution in [-0.2, 0) is 10.8 Å². The van der Waals surface area contributed by atoms with Crippen LogP contribution in [0.15, 0.2) is 413 Å². The van der Waals surface area contributed by atoms with Gasteiger partial charge in [0.1, 0.15) is 5.82 Å². The molecule has 3 heterocycles. The predicted molar refractivity (Wildman–Crippen MR) is 476 cm³/mol. The van der Waals surface area contributed by atoms with Gasteiger partial charge in [-0.05, 0) is 192 Å². The van der Waals surface area contributed by atoms with E-state index in [4.69, 9.17) is 15.0 Å². The molecule has 2 spiro atoms. The minimum absolute atomic E-state index is 0.413. The normalized spacial score (nSPS) is 13.2. The molecule has 0 fully saturated rings. The lowest BCUT2D eigenvalue weighted by molar-refractivity contribution is 0.794. The molecular formula is C111H68N4. The Kier molecular flexibility index (Phi) is 14.2. The second-order valence-corrected chi connectivity index (χ2v) is 31.0. The molecule has 4 nitrogen and oxygen atoms in total. The Labute approximate surface area is 665 Å². The zero-order valence-corrected chi connectivity index (χ0v) is 62.5. The summed E-state index contributed by atoms with van der Waals surface area (Å²) in [7, 11) is 0. The van der Waals surface area contributed by atoms with E-state index >= 15 is 0 Å². The molecule has 115 heavy (non-hydrogen) atoms. The molecule has 4 aliphatic carbocycles. The Morgan fingerprint density at radius 2 is 0.557 bits per heavy atom. The first-order valence-electron chi connectivity index (χ1n) is 39.8. The first kappa shape index (κ1) is 64.8. The average Bonchev–Trinajstić information content (AvgIpc) is 1.51. The van der Waals surface area contributed by atoms with Gasteiger partial charge >= 0.3 is 0 Å². The third-order valence-corrected chi connectivity index (χ3v) is 25.3. The maximum absolute atomic E-state index is 5.57. The molecule has 21 aromatic rings.